The zero-order valence-corrected chi connectivity index (χ0v) is 25.8. The molecule has 2 aromatic carbocycles. The fraction of sp³-hybridized carbons (Fsp3) is 0.394. The van der Waals surface area contributed by atoms with Crippen molar-refractivity contribution in [3.63, 3.8) is 0 Å². The number of nitrogens with two attached hydrogens (primary N) is 1. The van der Waals surface area contributed by atoms with Gasteiger partial charge in [0.15, 0.2) is 0 Å². The largest absolute Gasteiger partial charge is 0.472 e. The highest BCUT2D eigenvalue weighted by Crippen LogP contribution is 2.44. The van der Waals surface area contributed by atoms with Crippen LogP contribution in [0.25, 0.3) is 22.2 Å². The Balaban J connectivity index is 1.36. The van der Waals surface area contributed by atoms with Crippen LogP contribution in [-0.2, 0) is 27.9 Å². The molecule has 1 saturated heterocycles. The maximum absolute atomic E-state index is 13.7. The first kappa shape index (κ1) is 30.1. The van der Waals surface area contributed by atoms with Crippen LogP contribution < -0.4 is 10.5 Å². The van der Waals surface area contributed by atoms with E-state index < -0.39 is 10.0 Å². The summed E-state index contributed by atoms with van der Waals surface area (Å²) in [6.45, 7) is 3.46. The molecule has 1 aliphatic heterocycles. The number of sulfonamides is 1. The number of rotatable bonds is 8. The molecule has 2 aliphatic rings. The van der Waals surface area contributed by atoms with Gasteiger partial charge in [-0.25, -0.2) is 13.6 Å². The fourth-order valence-electron chi connectivity index (χ4n) is 6.57. The van der Waals surface area contributed by atoms with E-state index in [1.54, 1.807) is 24.7 Å². The zero-order valence-electron chi connectivity index (χ0n) is 25.0. The van der Waals surface area contributed by atoms with Crippen molar-refractivity contribution in [2.24, 2.45) is 5.14 Å². The van der Waals surface area contributed by atoms with E-state index in [-0.39, 0.29) is 29.8 Å². The fourth-order valence-corrected chi connectivity index (χ4v) is 7.08. The van der Waals surface area contributed by atoms with E-state index in [2.05, 4.69) is 21.8 Å². The summed E-state index contributed by atoms with van der Waals surface area (Å²) in [4.78, 5) is 31.3. The number of amides is 2. The number of carbonyl (C=O) groups is 2. The number of fused-ring (bicyclic) bond motifs is 1. The number of nitrogens with one attached hydrogen (secondary N) is 1. The Morgan fingerprint density at radius 2 is 1.70 bits per heavy atom. The molecular formula is C33H39N5O5S. The predicted octanol–water partition coefficient (Wildman–Crippen LogP) is 4.30. The maximum atomic E-state index is 13.7. The second-order valence-corrected chi connectivity index (χ2v) is 13.5. The molecule has 0 bridgehead atoms. The number of likely N-dealkylation sites (N-methyl/N-ethyl adjacent to an activating group) is 1. The van der Waals surface area contributed by atoms with Crippen molar-refractivity contribution in [1.29, 1.82) is 0 Å². The minimum absolute atomic E-state index is 0.0205. The Kier molecular flexibility index (Phi) is 8.61. The molecule has 0 unspecified atom stereocenters. The van der Waals surface area contributed by atoms with Crippen molar-refractivity contribution < 1.29 is 22.4 Å². The summed E-state index contributed by atoms with van der Waals surface area (Å²) in [5.74, 6) is 0.161. The van der Waals surface area contributed by atoms with E-state index in [9.17, 15) is 18.0 Å². The second-order valence-electron chi connectivity index (χ2n) is 12.0. The lowest BCUT2D eigenvalue weighted by Crippen LogP contribution is -2.48. The Hall–Kier alpha value is -3.93. The van der Waals surface area contributed by atoms with Gasteiger partial charge in [0, 0.05) is 49.2 Å². The molecule has 10 nitrogen and oxygen atoms in total. The van der Waals surface area contributed by atoms with Crippen molar-refractivity contribution in [2.75, 3.05) is 33.2 Å². The molecule has 0 spiro atoms. The van der Waals surface area contributed by atoms with Crippen LogP contribution in [0.4, 0.5) is 0 Å². The molecule has 3 N–H and O–H groups in total. The van der Waals surface area contributed by atoms with Gasteiger partial charge in [0.2, 0.25) is 15.9 Å². The summed E-state index contributed by atoms with van der Waals surface area (Å²) in [5, 5.41) is 9.21. The van der Waals surface area contributed by atoms with Crippen LogP contribution in [0, 0.1) is 0 Å². The first-order chi connectivity index (χ1) is 21.2. The van der Waals surface area contributed by atoms with E-state index >= 15 is 0 Å². The number of benzene rings is 2. The van der Waals surface area contributed by atoms with Crippen LogP contribution in [0.1, 0.15) is 59.5 Å². The quantitative estimate of drug-likeness (QED) is 0.303. The number of hydrogen-bond donors (Lipinski definition) is 2. The molecule has 1 saturated carbocycles. The number of primary sulfonamides is 1. The highest BCUT2D eigenvalue weighted by Gasteiger charge is 2.29. The topological polar surface area (TPSA) is 131 Å². The molecule has 4 aromatic rings. The van der Waals surface area contributed by atoms with E-state index in [0.29, 0.717) is 24.6 Å². The third kappa shape index (κ3) is 6.31. The number of aromatic nitrogens is 1. The molecule has 0 radical (unpaired) electrons. The molecule has 11 heteroatoms. The Labute approximate surface area is 257 Å². The summed E-state index contributed by atoms with van der Waals surface area (Å²) in [5.41, 5.74) is 5.24. The van der Waals surface area contributed by atoms with Gasteiger partial charge in [0.05, 0.1) is 28.6 Å². The molecule has 0 atom stereocenters. The van der Waals surface area contributed by atoms with E-state index in [0.717, 1.165) is 53.7 Å². The SMILES string of the molecule is CN1CCN(C(=O)Cn2c(-c3ccoc3)c(C3CCCCC3)c3ccc(C(=O)NCc4ccc(S(N)(=O)=O)cc4)cc32)CC1. The highest BCUT2D eigenvalue weighted by molar-refractivity contribution is 7.89. The van der Waals surface area contributed by atoms with Crippen molar-refractivity contribution in [2.45, 2.75) is 56.0 Å². The van der Waals surface area contributed by atoms with E-state index in [1.165, 1.54) is 37.0 Å². The van der Waals surface area contributed by atoms with Gasteiger partial charge in [-0.15, -0.1) is 0 Å². The van der Waals surface area contributed by atoms with Gasteiger partial charge < -0.3 is 24.1 Å². The van der Waals surface area contributed by atoms with Crippen LogP contribution in [0.15, 0.2) is 70.4 Å². The maximum Gasteiger partial charge on any atom is 0.251 e. The van der Waals surface area contributed by atoms with Gasteiger partial charge in [-0.05, 0) is 67.3 Å². The van der Waals surface area contributed by atoms with Crippen LogP contribution in [0.2, 0.25) is 0 Å². The van der Waals surface area contributed by atoms with Crippen LogP contribution in [-0.4, -0.2) is 67.8 Å². The summed E-state index contributed by atoms with van der Waals surface area (Å²) in [7, 11) is -1.72. The average molecular weight is 618 g/mol. The molecule has 232 valence electrons. The molecule has 3 heterocycles. The normalized spacial score (nSPS) is 16.8. The third-order valence-electron chi connectivity index (χ3n) is 9.03. The second kappa shape index (κ2) is 12.6. The molecule has 1 aliphatic carbocycles. The van der Waals surface area contributed by atoms with Crippen LogP contribution in [0.3, 0.4) is 0 Å². The third-order valence-corrected chi connectivity index (χ3v) is 9.96. The van der Waals surface area contributed by atoms with Crippen molar-refractivity contribution in [3.05, 3.63) is 77.7 Å². The number of piperazine rings is 1. The van der Waals surface area contributed by atoms with Crippen LogP contribution >= 0.6 is 0 Å². The van der Waals surface area contributed by atoms with E-state index in [1.807, 2.05) is 29.2 Å². The minimum atomic E-state index is -3.79. The first-order valence-corrected chi connectivity index (χ1v) is 16.8. The average Bonchev–Trinajstić information content (AvgIpc) is 3.66. The van der Waals surface area contributed by atoms with E-state index in [4.69, 9.17) is 9.56 Å². The molecule has 44 heavy (non-hydrogen) atoms. The van der Waals surface area contributed by atoms with Crippen molar-refractivity contribution in [3.8, 4) is 11.3 Å². The van der Waals surface area contributed by atoms with Gasteiger partial charge in [-0.2, -0.15) is 0 Å². The van der Waals surface area contributed by atoms with Gasteiger partial charge in [0.25, 0.3) is 5.91 Å². The lowest BCUT2D eigenvalue weighted by molar-refractivity contribution is -0.133. The summed E-state index contributed by atoms with van der Waals surface area (Å²) >= 11 is 0. The summed E-state index contributed by atoms with van der Waals surface area (Å²) < 4.78 is 30.8. The number of carbonyl (C=O) groups excluding carboxylic acids is 2. The summed E-state index contributed by atoms with van der Waals surface area (Å²) in [6, 6.07) is 13.8. The lowest BCUT2D eigenvalue weighted by Gasteiger charge is -2.32. The molecule has 2 amide bonds. The molecule has 2 aromatic heterocycles. The minimum Gasteiger partial charge on any atom is -0.472 e. The lowest BCUT2D eigenvalue weighted by atomic mass is 9.82. The van der Waals surface area contributed by atoms with Crippen molar-refractivity contribution in [1.82, 2.24) is 19.7 Å². The standard InChI is InChI=1S/C33H39N5O5S/c1-36-14-16-37(17-15-36)30(39)21-38-29-19-25(33(40)35-20-23-7-10-27(11-8-23)44(34,41)42)9-12-28(29)31(24-5-3-2-4-6-24)32(38)26-13-18-43-22-26/h7-13,18-19,22,24H,2-6,14-17,20-21H2,1H3,(H,35,40)(H2,34,41,42). The van der Waals surface area contributed by atoms with Crippen molar-refractivity contribution >= 4 is 32.7 Å². The molecular weight excluding hydrogens is 578 g/mol. The Morgan fingerprint density at radius 3 is 2.36 bits per heavy atom. The van der Waals surface area contributed by atoms with Crippen LogP contribution in [0.5, 0.6) is 0 Å². The molecule has 2 fully saturated rings. The monoisotopic (exact) mass is 617 g/mol. The number of furan rings is 1. The van der Waals surface area contributed by atoms with Gasteiger partial charge in [-0.1, -0.05) is 37.5 Å². The van der Waals surface area contributed by atoms with Gasteiger partial charge in [0.1, 0.15) is 6.54 Å². The van der Waals surface area contributed by atoms with Gasteiger partial charge in [-0.3, -0.25) is 9.59 Å². The zero-order chi connectivity index (χ0) is 30.8. The Bertz CT molecular complexity index is 1750. The molecule has 6 rings (SSSR count). The summed E-state index contributed by atoms with van der Waals surface area (Å²) in [6.07, 6.45) is 9.14. The number of nitrogens with zero attached hydrogens (tertiary/aromatic N) is 3. The highest BCUT2D eigenvalue weighted by atomic mass is 32.2. The number of hydrogen-bond acceptors (Lipinski definition) is 6. The van der Waals surface area contributed by atoms with Gasteiger partial charge >= 0.3 is 0 Å². The Morgan fingerprint density at radius 1 is 0.977 bits per heavy atom. The smallest absolute Gasteiger partial charge is 0.251 e. The predicted molar refractivity (Wildman–Crippen MR) is 169 cm³/mol. The first-order valence-electron chi connectivity index (χ1n) is 15.2.